The van der Waals surface area contributed by atoms with Gasteiger partial charge in [0.1, 0.15) is 5.75 Å². The van der Waals surface area contributed by atoms with Crippen LogP contribution < -0.4 is 10.1 Å². The van der Waals surface area contributed by atoms with Crippen LogP contribution >= 0.6 is 11.6 Å². The molecule has 0 atom stereocenters. The molecule has 0 saturated carbocycles. The third-order valence-corrected chi connectivity index (χ3v) is 2.29. The van der Waals surface area contributed by atoms with Gasteiger partial charge in [-0.1, -0.05) is 23.7 Å². The molecule has 2 aromatic rings. The summed E-state index contributed by atoms with van der Waals surface area (Å²) in [6.45, 7) is 0. The Morgan fingerprint density at radius 1 is 1.19 bits per heavy atom. The molecule has 0 aliphatic carbocycles. The fraction of sp³-hybridized carbons (Fsp3) is 0.0909. The molecule has 0 bridgehead atoms. The number of hydrogen-bond acceptors (Lipinski definition) is 4. The van der Waals surface area contributed by atoms with Crippen molar-refractivity contribution in [2.24, 2.45) is 0 Å². The Kier molecular flexibility index (Phi) is 3.22. The predicted molar refractivity (Wildman–Crippen MR) is 63.3 cm³/mol. The first kappa shape index (κ1) is 10.7. The standard InChI is InChI=1S/C11H10ClN3O/c1-16-9-5-3-2-4-8(9)15-11-10(12)13-6-7-14-11/h2-7H,1H3,(H,14,15). The summed E-state index contributed by atoms with van der Waals surface area (Å²) >= 11 is 5.89. The second-order valence-electron chi connectivity index (χ2n) is 3.02. The van der Waals surface area contributed by atoms with E-state index in [0.29, 0.717) is 11.0 Å². The van der Waals surface area contributed by atoms with E-state index in [1.54, 1.807) is 13.3 Å². The first-order chi connectivity index (χ1) is 7.81. The lowest BCUT2D eigenvalue weighted by molar-refractivity contribution is 0.417. The molecule has 0 fully saturated rings. The van der Waals surface area contributed by atoms with Crippen LogP contribution in [0, 0.1) is 0 Å². The van der Waals surface area contributed by atoms with Gasteiger partial charge in [-0.2, -0.15) is 0 Å². The number of para-hydroxylation sites is 2. The first-order valence-electron chi connectivity index (χ1n) is 4.68. The molecule has 0 aliphatic rings. The van der Waals surface area contributed by atoms with Crippen LogP contribution in [0.4, 0.5) is 11.5 Å². The van der Waals surface area contributed by atoms with E-state index < -0.39 is 0 Å². The van der Waals surface area contributed by atoms with Gasteiger partial charge in [-0.05, 0) is 12.1 Å². The lowest BCUT2D eigenvalue weighted by atomic mass is 10.3. The summed E-state index contributed by atoms with van der Waals surface area (Å²) in [6.07, 6.45) is 3.11. The monoisotopic (exact) mass is 235 g/mol. The Balaban J connectivity index is 2.30. The zero-order chi connectivity index (χ0) is 11.4. The molecule has 0 unspecified atom stereocenters. The first-order valence-corrected chi connectivity index (χ1v) is 5.05. The van der Waals surface area contributed by atoms with Gasteiger partial charge in [-0.25, -0.2) is 9.97 Å². The highest BCUT2D eigenvalue weighted by Crippen LogP contribution is 2.28. The lowest BCUT2D eigenvalue weighted by Gasteiger charge is -2.10. The van der Waals surface area contributed by atoms with E-state index in [2.05, 4.69) is 15.3 Å². The SMILES string of the molecule is COc1ccccc1Nc1nccnc1Cl. The van der Waals surface area contributed by atoms with Crippen molar-refractivity contribution < 1.29 is 4.74 Å². The maximum atomic E-state index is 5.89. The smallest absolute Gasteiger partial charge is 0.171 e. The summed E-state index contributed by atoms with van der Waals surface area (Å²) in [5.41, 5.74) is 0.799. The molecule has 4 nitrogen and oxygen atoms in total. The maximum Gasteiger partial charge on any atom is 0.171 e. The number of benzene rings is 1. The van der Waals surface area contributed by atoms with E-state index >= 15 is 0 Å². The normalized spacial score (nSPS) is 9.88. The number of nitrogens with one attached hydrogen (secondary N) is 1. The number of nitrogens with zero attached hydrogens (tertiary/aromatic N) is 2. The summed E-state index contributed by atoms with van der Waals surface area (Å²) in [4.78, 5) is 8.02. The molecular formula is C11H10ClN3O. The van der Waals surface area contributed by atoms with Crippen molar-refractivity contribution in [3.63, 3.8) is 0 Å². The van der Waals surface area contributed by atoms with Gasteiger partial charge in [-0.15, -0.1) is 0 Å². The molecule has 2 rings (SSSR count). The van der Waals surface area contributed by atoms with Crippen molar-refractivity contribution in [3.8, 4) is 5.75 Å². The van der Waals surface area contributed by atoms with E-state index in [-0.39, 0.29) is 0 Å². The molecule has 1 aromatic carbocycles. The molecule has 0 saturated heterocycles. The Labute approximate surface area is 98.3 Å². The number of methoxy groups -OCH3 is 1. The molecule has 0 spiro atoms. The highest BCUT2D eigenvalue weighted by molar-refractivity contribution is 6.31. The highest BCUT2D eigenvalue weighted by atomic mass is 35.5. The predicted octanol–water partition coefficient (Wildman–Crippen LogP) is 2.88. The van der Waals surface area contributed by atoms with Gasteiger partial charge < -0.3 is 10.1 Å². The van der Waals surface area contributed by atoms with Gasteiger partial charge >= 0.3 is 0 Å². The highest BCUT2D eigenvalue weighted by Gasteiger charge is 2.05. The number of rotatable bonds is 3. The summed E-state index contributed by atoms with van der Waals surface area (Å²) in [6, 6.07) is 7.52. The van der Waals surface area contributed by atoms with Gasteiger partial charge in [0.2, 0.25) is 0 Å². The van der Waals surface area contributed by atoms with Gasteiger partial charge in [-0.3, -0.25) is 0 Å². The number of halogens is 1. The van der Waals surface area contributed by atoms with Crippen LogP contribution in [0.1, 0.15) is 0 Å². The van der Waals surface area contributed by atoms with Gasteiger partial charge in [0.05, 0.1) is 12.8 Å². The molecule has 1 aromatic heterocycles. The van der Waals surface area contributed by atoms with E-state index in [1.807, 2.05) is 24.3 Å². The van der Waals surface area contributed by atoms with Crippen molar-refractivity contribution in [1.29, 1.82) is 0 Å². The summed E-state index contributed by atoms with van der Waals surface area (Å²) in [5.74, 6) is 1.23. The zero-order valence-corrected chi connectivity index (χ0v) is 9.40. The molecule has 1 heterocycles. The third-order valence-electron chi connectivity index (χ3n) is 2.01. The fourth-order valence-corrected chi connectivity index (χ4v) is 1.43. The second kappa shape index (κ2) is 4.81. The maximum absolute atomic E-state index is 5.89. The number of anilines is 2. The van der Waals surface area contributed by atoms with Gasteiger partial charge in [0, 0.05) is 12.4 Å². The number of hydrogen-bond donors (Lipinski definition) is 1. The lowest BCUT2D eigenvalue weighted by Crippen LogP contribution is -1.97. The summed E-state index contributed by atoms with van der Waals surface area (Å²) in [7, 11) is 1.61. The van der Waals surface area contributed by atoms with Crippen molar-refractivity contribution in [2.45, 2.75) is 0 Å². The minimum Gasteiger partial charge on any atom is -0.495 e. The molecule has 0 amide bonds. The summed E-state index contributed by atoms with van der Waals surface area (Å²) < 4.78 is 5.20. The molecule has 0 aliphatic heterocycles. The molecule has 16 heavy (non-hydrogen) atoms. The Bertz CT molecular complexity index is 490. The van der Waals surface area contributed by atoms with Gasteiger partial charge in [0.25, 0.3) is 0 Å². The van der Waals surface area contributed by atoms with Crippen LogP contribution in [-0.2, 0) is 0 Å². The molecule has 5 heteroatoms. The van der Waals surface area contributed by atoms with Crippen LogP contribution in [0.5, 0.6) is 5.75 Å². The second-order valence-corrected chi connectivity index (χ2v) is 3.38. The third kappa shape index (κ3) is 2.23. The molecule has 1 N–H and O–H groups in total. The topological polar surface area (TPSA) is 47.0 Å². The zero-order valence-electron chi connectivity index (χ0n) is 8.64. The largest absolute Gasteiger partial charge is 0.495 e. The average molecular weight is 236 g/mol. The van der Waals surface area contributed by atoms with Crippen molar-refractivity contribution >= 4 is 23.1 Å². The Morgan fingerprint density at radius 3 is 2.69 bits per heavy atom. The Morgan fingerprint density at radius 2 is 1.94 bits per heavy atom. The fourth-order valence-electron chi connectivity index (χ4n) is 1.28. The Hall–Kier alpha value is -1.81. The van der Waals surface area contributed by atoms with E-state index in [1.165, 1.54) is 6.20 Å². The molecule has 82 valence electrons. The van der Waals surface area contributed by atoms with Crippen LogP contribution in [0.15, 0.2) is 36.7 Å². The number of ether oxygens (including phenoxy) is 1. The van der Waals surface area contributed by atoms with E-state index in [0.717, 1.165) is 11.4 Å². The summed E-state index contributed by atoms with van der Waals surface area (Å²) in [5, 5.41) is 3.39. The van der Waals surface area contributed by atoms with Gasteiger partial charge in [0.15, 0.2) is 11.0 Å². The van der Waals surface area contributed by atoms with E-state index in [9.17, 15) is 0 Å². The quantitative estimate of drug-likeness (QED) is 0.889. The van der Waals surface area contributed by atoms with Crippen LogP contribution in [0.3, 0.4) is 0 Å². The average Bonchev–Trinajstić information content (AvgIpc) is 2.33. The minimum absolute atomic E-state index is 0.327. The van der Waals surface area contributed by atoms with Crippen LogP contribution in [-0.4, -0.2) is 17.1 Å². The van der Waals surface area contributed by atoms with Crippen molar-refractivity contribution in [1.82, 2.24) is 9.97 Å². The molecular weight excluding hydrogens is 226 g/mol. The number of aromatic nitrogens is 2. The minimum atomic E-state index is 0.327. The molecule has 0 radical (unpaired) electrons. The van der Waals surface area contributed by atoms with Crippen LogP contribution in [0.25, 0.3) is 0 Å². The van der Waals surface area contributed by atoms with Crippen molar-refractivity contribution in [2.75, 3.05) is 12.4 Å². The van der Waals surface area contributed by atoms with E-state index in [4.69, 9.17) is 16.3 Å². The van der Waals surface area contributed by atoms with Crippen molar-refractivity contribution in [3.05, 3.63) is 41.8 Å². The van der Waals surface area contributed by atoms with Crippen LogP contribution in [0.2, 0.25) is 5.15 Å².